The lowest BCUT2D eigenvalue weighted by Crippen LogP contribution is -3.15. The normalized spacial score (nSPS) is 18.0. The van der Waals surface area contributed by atoms with Crippen molar-refractivity contribution >= 4 is 15.9 Å². The van der Waals surface area contributed by atoms with Crippen molar-refractivity contribution in [1.29, 1.82) is 0 Å². The molecule has 0 aliphatic carbocycles. The van der Waals surface area contributed by atoms with Crippen molar-refractivity contribution in [1.82, 2.24) is 9.62 Å². The Morgan fingerprint density at radius 1 is 1.18 bits per heavy atom. The van der Waals surface area contributed by atoms with Crippen LogP contribution in [0.5, 0.6) is 0 Å². The van der Waals surface area contributed by atoms with E-state index in [1.807, 2.05) is 19.1 Å². The third-order valence-electron chi connectivity index (χ3n) is 5.33. The van der Waals surface area contributed by atoms with Crippen molar-refractivity contribution < 1.29 is 18.1 Å². The van der Waals surface area contributed by atoms with Crippen LogP contribution in [0.1, 0.15) is 53.0 Å². The van der Waals surface area contributed by atoms with E-state index in [-0.39, 0.29) is 17.4 Å². The topological polar surface area (TPSA) is 70.9 Å². The minimum atomic E-state index is -3.48. The average Bonchev–Trinajstić information content (AvgIpc) is 2.61. The molecule has 6 nitrogen and oxygen atoms in total. The highest BCUT2D eigenvalue weighted by Gasteiger charge is 2.31. The molecular weight excluding hydrogens is 374 g/mol. The smallest absolute Gasteiger partial charge is 0.275 e. The summed E-state index contributed by atoms with van der Waals surface area (Å²) in [4.78, 5) is 13.6. The molecule has 1 aromatic carbocycles. The van der Waals surface area contributed by atoms with E-state index in [0.29, 0.717) is 37.6 Å². The molecular formula is C21H36N3O3S+. The molecule has 2 rings (SSSR count). The maximum absolute atomic E-state index is 12.9. The van der Waals surface area contributed by atoms with Gasteiger partial charge in [0.15, 0.2) is 6.54 Å². The summed E-state index contributed by atoms with van der Waals surface area (Å²) in [5, 5.41) is 3.02. The van der Waals surface area contributed by atoms with Crippen LogP contribution in [0.2, 0.25) is 0 Å². The van der Waals surface area contributed by atoms with Crippen LogP contribution in [-0.2, 0) is 20.2 Å². The van der Waals surface area contributed by atoms with Crippen LogP contribution in [0.4, 0.5) is 0 Å². The summed E-state index contributed by atoms with van der Waals surface area (Å²) in [6.07, 6.45) is 2.02. The number of carbonyl (C=O) groups is 1. The zero-order valence-electron chi connectivity index (χ0n) is 17.9. The highest BCUT2D eigenvalue weighted by atomic mass is 32.2. The first-order valence-corrected chi connectivity index (χ1v) is 11.7. The number of sulfonamides is 1. The molecule has 0 bridgehead atoms. The monoisotopic (exact) mass is 410 g/mol. The van der Waals surface area contributed by atoms with Gasteiger partial charge in [-0.1, -0.05) is 46.2 Å². The van der Waals surface area contributed by atoms with Gasteiger partial charge in [-0.25, -0.2) is 8.42 Å². The summed E-state index contributed by atoms with van der Waals surface area (Å²) in [6.45, 7) is 13.0. The summed E-state index contributed by atoms with van der Waals surface area (Å²) in [5.74, 6) is 0.0463. The number of benzene rings is 1. The number of hydrogen-bond acceptors (Lipinski definition) is 3. The Hall–Kier alpha value is -1.44. The third-order valence-corrected chi connectivity index (χ3v) is 7.24. The van der Waals surface area contributed by atoms with Gasteiger partial charge >= 0.3 is 0 Å². The molecule has 0 radical (unpaired) electrons. The molecule has 1 aliphatic rings. The number of nitrogens with zero attached hydrogens (tertiary/aromatic N) is 1. The maximum atomic E-state index is 12.9. The van der Waals surface area contributed by atoms with E-state index in [1.54, 1.807) is 16.4 Å². The molecule has 0 unspecified atom stereocenters. The van der Waals surface area contributed by atoms with Gasteiger partial charge in [-0.3, -0.25) is 4.79 Å². The van der Waals surface area contributed by atoms with E-state index in [4.69, 9.17) is 0 Å². The van der Waals surface area contributed by atoms with Crippen molar-refractivity contribution in [2.75, 3.05) is 32.7 Å². The summed E-state index contributed by atoms with van der Waals surface area (Å²) < 4.78 is 27.4. The highest BCUT2D eigenvalue weighted by molar-refractivity contribution is 7.89. The van der Waals surface area contributed by atoms with Crippen molar-refractivity contribution in [3.8, 4) is 0 Å². The van der Waals surface area contributed by atoms with Gasteiger partial charge in [-0.15, -0.1) is 0 Å². The van der Waals surface area contributed by atoms with E-state index < -0.39 is 10.0 Å². The van der Waals surface area contributed by atoms with Gasteiger partial charge in [0.2, 0.25) is 10.0 Å². The highest BCUT2D eigenvalue weighted by Crippen LogP contribution is 2.24. The lowest BCUT2D eigenvalue weighted by molar-refractivity contribution is -0.895. The number of carbonyl (C=O) groups excluding carboxylic acids is 1. The Balaban J connectivity index is 1.92. The van der Waals surface area contributed by atoms with E-state index >= 15 is 0 Å². The fraction of sp³-hybridized carbons (Fsp3) is 0.667. The zero-order chi connectivity index (χ0) is 20.9. The molecule has 1 atom stereocenters. The van der Waals surface area contributed by atoms with Gasteiger partial charge in [0.1, 0.15) is 0 Å². The van der Waals surface area contributed by atoms with E-state index in [2.05, 4.69) is 33.0 Å². The number of piperazine rings is 1. The molecule has 0 spiro atoms. The average molecular weight is 411 g/mol. The third kappa shape index (κ3) is 6.03. The van der Waals surface area contributed by atoms with Gasteiger partial charge in [0, 0.05) is 6.04 Å². The quantitative estimate of drug-likeness (QED) is 0.709. The van der Waals surface area contributed by atoms with Crippen molar-refractivity contribution in [2.45, 2.75) is 63.8 Å². The van der Waals surface area contributed by atoms with Gasteiger partial charge < -0.3 is 10.2 Å². The minimum absolute atomic E-state index is 0.00746. The molecule has 0 aromatic heterocycles. The predicted octanol–water partition coefficient (Wildman–Crippen LogP) is 1.18. The number of rotatable bonds is 7. The standard InChI is InChI=1S/C21H35N3O3S/c1-6-7-17(2)22-20(25)16-23-12-14-24(15-13-23)28(26,27)19-10-8-18(9-11-19)21(3,4)5/h8-11,17H,6-7,12-16H2,1-5H3,(H,22,25)/p+1/t17-/m1/s1. The lowest BCUT2D eigenvalue weighted by Gasteiger charge is -2.31. The van der Waals surface area contributed by atoms with Crippen LogP contribution in [-0.4, -0.2) is 57.4 Å². The van der Waals surface area contributed by atoms with Crippen molar-refractivity contribution in [3.63, 3.8) is 0 Å². The molecule has 1 aliphatic heterocycles. The van der Waals surface area contributed by atoms with Crippen LogP contribution < -0.4 is 10.2 Å². The second-order valence-electron chi connectivity index (χ2n) is 8.86. The largest absolute Gasteiger partial charge is 0.349 e. The molecule has 1 aromatic rings. The van der Waals surface area contributed by atoms with Gasteiger partial charge in [-0.2, -0.15) is 4.31 Å². The fourth-order valence-electron chi connectivity index (χ4n) is 3.55. The first kappa shape index (κ1) is 22.8. The fourth-order valence-corrected chi connectivity index (χ4v) is 5.00. The summed E-state index contributed by atoms with van der Waals surface area (Å²) >= 11 is 0. The number of hydrogen-bond donors (Lipinski definition) is 2. The predicted molar refractivity (Wildman–Crippen MR) is 112 cm³/mol. The molecule has 28 heavy (non-hydrogen) atoms. The Labute approximate surface area is 170 Å². The van der Waals surface area contributed by atoms with Crippen LogP contribution in [0.3, 0.4) is 0 Å². The van der Waals surface area contributed by atoms with Gasteiger partial charge in [-0.05, 0) is 36.5 Å². The van der Waals surface area contributed by atoms with Gasteiger partial charge in [0.05, 0.1) is 31.1 Å². The summed E-state index contributed by atoms with van der Waals surface area (Å²) in [6, 6.07) is 7.40. The number of nitrogens with one attached hydrogen (secondary N) is 2. The Morgan fingerprint density at radius 3 is 2.25 bits per heavy atom. The van der Waals surface area contributed by atoms with Gasteiger partial charge in [0.25, 0.3) is 5.91 Å². The zero-order valence-corrected chi connectivity index (χ0v) is 18.7. The molecule has 158 valence electrons. The first-order valence-electron chi connectivity index (χ1n) is 10.3. The van der Waals surface area contributed by atoms with Crippen LogP contribution >= 0.6 is 0 Å². The van der Waals surface area contributed by atoms with E-state index in [9.17, 15) is 13.2 Å². The van der Waals surface area contributed by atoms with E-state index in [1.165, 1.54) is 0 Å². The SMILES string of the molecule is CCC[C@@H](C)NC(=O)C[NH+]1CCN(S(=O)(=O)c2ccc(C(C)(C)C)cc2)CC1. The molecule has 7 heteroatoms. The molecule has 2 N–H and O–H groups in total. The Bertz CT molecular complexity index is 746. The maximum Gasteiger partial charge on any atom is 0.275 e. The van der Waals surface area contributed by atoms with E-state index in [0.717, 1.165) is 23.3 Å². The summed E-state index contributed by atoms with van der Waals surface area (Å²) in [7, 11) is -3.48. The number of amides is 1. The Kier molecular flexibility index (Phi) is 7.65. The number of quaternary nitrogens is 1. The van der Waals surface area contributed by atoms with Crippen molar-refractivity contribution in [2.24, 2.45) is 0 Å². The molecule has 1 heterocycles. The molecule has 1 amide bonds. The minimum Gasteiger partial charge on any atom is -0.349 e. The molecule has 0 saturated carbocycles. The Morgan fingerprint density at radius 2 is 1.75 bits per heavy atom. The second kappa shape index (κ2) is 9.37. The van der Waals surface area contributed by atoms with Crippen LogP contribution in [0.25, 0.3) is 0 Å². The summed E-state index contributed by atoms with van der Waals surface area (Å²) in [5.41, 5.74) is 1.11. The lowest BCUT2D eigenvalue weighted by atomic mass is 9.87. The second-order valence-corrected chi connectivity index (χ2v) is 10.8. The van der Waals surface area contributed by atoms with Crippen LogP contribution in [0.15, 0.2) is 29.2 Å². The van der Waals surface area contributed by atoms with Crippen LogP contribution in [0, 0.1) is 0 Å². The van der Waals surface area contributed by atoms with Crippen molar-refractivity contribution in [3.05, 3.63) is 29.8 Å². The molecule has 1 fully saturated rings. The molecule has 1 saturated heterocycles. The first-order chi connectivity index (χ1) is 13.0.